The smallest absolute Gasteiger partial charge is 0.268 e. The quantitative estimate of drug-likeness (QED) is 0.258. The highest BCUT2D eigenvalue weighted by Gasteiger charge is 2.34. The minimum absolute atomic E-state index is 0.174. The van der Waals surface area contributed by atoms with Crippen molar-refractivity contribution in [1.82, 2.24) is 19.5 Å². The van der Waals surface area contributed by atoms with Gasteiger partial charge < -0.3 is 15.5 Å². The number of benzene rings is 2. The van der Waals surface area contributed by atoms with Crippen molar-refractivity contribution >= 4 is 44.7 Å². The molecular weight excluding hydrogens is 588 g/mol. The van der Waals surface area contributed by atoms with Crippen LogP contribution in [-0.4, -0.2) is 54.1 Å². The number of aryl methyl sites for hydroxylation is 1. The molecule has 2 N–H and O–H groups in total. The van der Waals surface area contributed by atoms with E-state index in [1.165, 1.54) is 22.0 Å². The normalized spacial score (nSPS) is 13.2. The van der Waals surface area contributed by atoms with E-state index in [0.29, 0.717) is 23.2 Å². The van der Waals surface area contributed by atoms with E-state index in [1.807, 2.05) is 66.7 Å². The van der Waals surface area contributed by atoms with Crippen LogP contribution in [0.15, 0.2) is 71.3 Å². The molecule has 1 heterocycles. The first-order valence-electron chi connectivity index (χ1n) is 15.2. The summed E-state index contributed by atoms with van der Waals surface area (Å²) < 4.78 is 29.5. The number of para-hydroxylation sites is 1. The van der Waals surface area contributed by atoms with Crippen LogP contribution in [0.5, 0.6) is 0 Å². The molecule has 0 fully saturated rings. The molecular formula is C35H46N4O5S. The van der Waals surface area contributed by atoms with Gasteiger partial charge in [-0.1, -0.05) is 75.2 Å². The topological polar surface area (TPSA) is 118 Å². The molecule has 1 aromatic heterocycles. The monoisotopic (exact) mass is 634 g/mol. The van der Waals surface area contributed by atoms with Crippen molar-refractivity contribution in [3.05, 3.63) is 83.2 Å². The Bertz CT molecular complexity index is 1710. The van der Waals surface area contributed by atoms with Gasteiger partial charge in [-0.25, -0.2) is 12.4 Å². The minimum Gasteiger partial charge on any atom is -0.344 e. The Morgan fingerprint density at radius 2 is 1.56 bits per heavy atom. The molecule has 0 aliphatic carbocycles. The number of hydrogen-bond acceptors (Lipinski definition) is 5. The van der Waals surface area contributed by atoms with Crippen LogP contribution in [-0.2, 0) is 30.8 Å². The number of carbonyl (C=O) groups is 3. The van der Waals surface area contributed by atoms with Crippen LogP contribution in [0.3, 0.4) is 0 Å². The first-order valence-corrected chi connectivity index (χ1v) is 16.6. The molecule has 0 aliphatic rings. The van der Waals surface area contributed by atoms with Crippen LogP contribution in [0.2, 0.25) is 0 Å². The minimum atomic E-state index is -3.96. The van der Waals surface area contributed by atoms with Gasteiger partial charge in [0, 0.05) is 43.2 Å². The number of aromatic nitrogens is 1. The molecule has 45 heavy (non-hydrogen) atoms. The van der Waals surface area contributed by atoms with Crippen molar-refractivity contribution in [2.45, 2.75) is 78.8 Å². The lowest BCUT2D eigenvalue weighted by Crippen LogP contribution is -2.56. The summed E-state index contributed by atoms with van der Waals surface area (Å²) in [7, 11) is -2.39. The summed E-state index contributed by atoms with van der Waals surface area (Å²) in [6.45, 7) is 14.5. The Kier molecular flexibility index (Phi) is 11.6. The Labute approximate surface area is 267 Å². The molecule has 0 saturated heterocycles. The van der Waals surface area contributed by atoms with Crippen LogP contribution in [0.1, 0.15) is 65.3 Å². The Hall–Kier alpha value is -4.18. The second-order valence-corrected chi connectivity index (χ2v) is 14.1. The zero-order valence-corrected chi connectivity index (χ0v) is 28.5. The highest BCUT2D eigenvalue weighted by atomic mass is 32.2. The molecule has 3 aromatic rings. The first-order chi connectivity index (χ1) is 21.1. The van der Waals surface area contributed by atoms with Crippen molar-refractivity contribution in [1.29, 1.82) is 0 Å². The van der Waals surface area contributed by atoms with Gasteiger partial charge in [-0.15, -0.1) is 0 Å². The third-order valence-corrected chi connectivity index (χ3v) is 9.43. The van der Waals surface area contributed by atoms with Gasteiger partial charge in [-0.2, -0.15) is 0 Å². The lowest BCUT2D eigenvalue weighted by Gasteiger charge is -2.33. The van der Waals surface area contributed by atoms with Gasteiger partial charge in [0.2, 0.25) is 17.7 Å². The lowest BCUT2D eigenvalue weighted by molar-refractivity contribution is -0.143. The summed E-state index contributed by atoms with van der Waals surface area (Å²) in [5.41, 5.74) is 3.75. The van der Waals surface area contributed by atoms with E-state index in [2.05, 4.69) is 10.6 Å². The van der Waals surface area contributed by atoms with E-state index in [9.17, 15) is 22.8 Å². The van der Waals surface area contributed by atoms with Crippen LogP contribution >= 0.6 is 0 Å². The molecule has 9 nitrogen and oxygen atoms in total. The maximum absolute atomic E-state index is 14.1. The number of likely N-dealkylation sites (N-methyl/N-ethyl adjacent to an activating group) is 1. The summed E-state index contributed by atoms with van der Waals surface area (Å²) in [4.78, 5) is 40.2. The first kappa shape index (κ1) is 35.3. The fourth-order valence-electron chi connectivity index (χ4n) is 5.37. The lowest BCUT2D eigenvalue weighted by atomic mass is 9.98. The van der Waals surface area contributed by atoms with Gasteiger partial charge >= 0.3 is 0 Å². The van der Waals surface area contributed by atoms with Crippen molar-refractivity contribution in [2.75, 3.05) is 7.05 Å². The van der Waals surface area contributed by atoms with Gasteiger partial charge in [-0.05, 0) is 56.9 Å². The number of hydrogen-bond donors (Lipinski definition) is 2. The molecule has 0 radical (unpaired) electrons. The molecule has 3 rings (SSSR count). The molecule has 0 saturated carbocycles. The standard InChI is InChI=1S/C35H46N4O5S/c1-22(2)14-19-31-29(28-12-10-11-13-30(28)39(31)45(43,44)27-17-15-25(7)16-18-27)20-21-36-34(41)33(24(5)6)38(9)35(42)32(23(3)4)37-26(8)40/h10-18,20-21,23-24,32-33H,19H2,1-9H3,(H,36,41)(H,37,40)/b21-20-/t32-,33-/m0/s1. The summed E-state index contributed by atoms with van der Waals surface area (Å²) in [6, 6.07) is 12.5. The molecule has 0 bridgehead atoms. The van der Waals surface area contributed by atoms with Crippen LogP contribution in [0.4, 0.5) is 0 Å². The van der Waals surface area contributed by atoms with E-state index in [-0.39, 0.29) is 28.5 Å². The Morgan fingerprint density at radius 3 is 2.11 bits per heavy atom. The van der Waals surface area contributed by atoms with Crippen LogP contribution in [0.25, 0.3) is 17.0 Å². The average Bonchev–Trinajstić information content (AvgIpc) is 3.28. The number of nitrogens with zero attached hydrogens (tertiary/aromatic N) is 2. The van der Waals surface area contributed by atoms with Gasteiger partial charge in [0.15, 0.2) is 0 Å². The number of rotatable bonds is 12. The zero-order valence-electron chi connectivity index (χ0n) is 27.7. The number of fused-ring (bicyclic) bond motifs is 1. The van der Waals surface area contributed by atoms with Gasteiger partial charge in [-0.3, -0.25) is 14.4 Å². The maximum Gasteiger partial charge on any atom is 0.268 e. The summed E-state index contributed by atoms with van der Waals surface area (Å²) in [5, 5.41) is 6.24. The third-order valence-electron chi connectivity index (χ3n) is 7.66. The van der Waals surface area contributed by atoms with E-state index in [1.54, 1.807) is 49.5 Å². The maximum atomic E-state index is 14.1. The van der Waals surface area contributed by atoms with E-state index < -0.39 is 28.0 Å². The third kappa shape index (κ3) is 8.11. The van der Waals surface area contributed by atoms with Crippen molar-refractivity contribution in [3.63, 3.8) is 0 Å². The largest absolute Gasteiger partial charge is 0.344 e. The van der Waals surface area contributed by atoms with Crippen molar-refractivity contribution in [3.8, 4) is 0 Å². The summed E-state index contributed by atoms with van der Waals surface area (Å²) >= 11 is 0. The van der Waals surface area contributed by atoms with Crippen LogP contribution < -0.4 is 10.6 Å². The number of nitrogens with one attached hydrogen (secondary N) is 2. The highest BCUT2D eigenvalue weighted by molar-refractivity contribution is 7.90. The molecule has 2 atom stereocenters. The second-order valence-electron chi connectivity index (χ2n) is 12.3. The number of amides is 3. The average molecular weight is 635 g/mol. The predicted octanol–water partition coefficient (Wildman–Crippen LogP) is 5.43. The summed E-state index contributed by atoms with van der Waals surface area (Å²) in [5.74, 6) is -1.48. The van der Waals surface area contributed by atoms with Crippen LogP contribution in [0, 0.1) is 18.8 Å². The Balaban J connectivity index is 2.06. The van der Waals surface area contributed by atoms with E-state index in [4.69, 9.17) is 0 Å². The molecule has 0 spiro atoms. The summed E-state index contributed by atoms with van der Waals surface area (Å²) in [6.07, 6.45) is 5.53. The molecule has 0 aliphatic heterocycles. The Morgan fingerprint density at radius 1 is 0.933 bits per heavy atom. The van der Waals surface area contributed by atoms with Gasteiger partial charge in [0.25, 0.3) is 10.0 Å². The molecule has 3 amide bonds. The SMILES string of the molecule is CC(=O)N[C@H](C(=O)N(C)[C@H](C(=O)N/C=C\c1c(CC=C(C)C)n(S(=O)(=O)c2ccc(C)cc2)c2ccccc12)C(C)C)C(C)C. The zero-order chi connectivity index (χ0) is 33.6. The molecule has 2 aromatic carbocycles. The predicted molar refractivity (Wildman–Crippen MR) is 180 cm³/mol. The molecule has 10 heteroatoms. The molecule has 0 unspecified atom stereocenters. The van der Waals surface area contributed by atoms with E-state index in [0.717, 1.165) is 16.5 Å². The second kappa shape index (κ2) is 14.7. The van der Waals surface area contributed by atoms with Gasteiger partial charge in [0.05, 0.1) is 10.4 Å². The fraction of sp³-hybridized carbons (Fsp3) is 0.400. The van der Waals surface area contributed by atoms with Crippen molar-refractivity contribution in [2.24, 2.45) is 11.8 Å². The van der Waals surface area contributed by atoms with E-state index >= 15 is 0 Å². The van der Waals surface area contributed by atoms with Gasteiger partial charge in [0.1, 0.15) is 12.1 Å². The molecule has 242 valence electrons. The number of carbonyl (C=O) groups excluding carboxylic acids is 3. The highest BCUT2D eigenvalue weighted by Crippen LogP contribution is 2.32. The fourth-order valence-corrected chi connectivity index (χ4v) is 6.94. The number of allylic oxidation sites excluding steroid dienone is 2. The van der Waals surface area contributed by atoms with Crippen molar-refractivity contribution < 1.29 is 22.8 Å².